The number of piperidine rings is 1. The molecule has 1 aliphatic heterocycles. The number of carboxylic acids is 1. The minimum absolute atomic E-state index is 0.196. The molecule has 0 atom stereocenters. The molecule has 0 radical (unpaired) electrons. The van der Waals surface area contributed by atoms with Crippen LogP contribution in [0.15, 0.2) is 48.8 Å². The average Bonchev–Trinajstić information content (AvgIpc) is 2.92. The quantitative estimate of drug-likeness (QED) is 0.404. The summed E-state index contributed by atoms with van der Waals surface area (Å²) in [5, 5.41) is 18.9. The molecule has 37 heavy (non-hydrogen) atoms. The fraction of sp³-hybridized carbons (Fsp3) is 0.419. The predicted molar refractivity (Wildman–Crippen MR) is 146 cm³/mol. The number of likely N-dealkylation sites (tertiary alicyclic amines) is 1. The van der Waals surface area contributed by atoms with E-state index >= 15 is 0 Å². The largest absolute Gasteiger partial charge is 0.481 e. The van der Waals surface area contributed by atoms with Gasteiger partial charge in [0.15, 0.2) is 5.82 Å². The Hall–Kier alpha value is -3.56. The number of carbonyl (C=O) groups is 1. The molecule has 1 aliphatic rings. The van der Waals surface area contributed by atoms with Gasteiger partial charge in [-0.15, -0.1) is 0 Å². The topological polar surface area (TPSA) is 90.1 Å². The molecule has 0 unspecified atom stereocenters. The zero-order valence-corrected chi connectivity index (χ0v) is 22.1. The van der Waals surface area contributed by atoms with Crippen LogP contribution < -0.4 is 0 Å². The van der Waals surface area contributed by atoms with Gasteiger partial charge in [0.1, 0.15) is 0 Å². The highest BCUT2D eigenvalue weighted by molar-refractivity contribution is 5.70. The Labute approximate surface area is 220 Å². The number of aromatic nitrogens is 2. The van der Waals surface area contributed by atoms with Gasteiger partial charge in [-0.05, 0) is 79.4 Å². The monoisotopic (exact) mass is 496 g/mol. The lowest BCUT2D eigenvalue weighted by Gasteiger charge is -2.30. The molecule has 192 valence electrons. The van der Waals surface area contributed by atoms with E-state index in [1.807, 2.05) is 30.6 Å². The number of benzene rings is 2. The van der Waals surface area contributed by atoms with Gasteiger partial charge in [-0.3, -0.25) is 4.79 Å². The molecular formula is C31H36N4O2. The number of nitriles is 1. The SMILES string of the molecule is CCc1c(CCN2CCC(C(=O)O)CC2)cccc1-c1cnc(-c2ccc(CC(C)C)c(C#N)c2)nc1. The van der Waals surface area contributed by atoms with Crippen LogP contribution in [0.3, 0.4) is 0 Å². The molecule has 0 bridgehead atoms. The number of carboxylic acid groups (broad SMARTS) is 1. The predicted octanol–water partition coefficient (Wildman–Crippen LogP) is 5.78. The molecule has 0 amide bonds. The number of nitrogens with zero attached hydrogens (tertiary/aromatic N) is 4. The molecule has 3 aromatic rings. The molecule has 1 aromatic heterocycles. The van der Waals surface area contributed by atoms with E-state index in [2.05, 4.69) is 59.9 Å². The van der Waals surface area contributed by atoms with E-state index < -0.39 is 5.97 Å². The molecule has 0 aliphatic carbocycles. The van der Waals surface area contributed by atoms with Crippen molar-refractivity contribution < 1.29 is 9.90 Å². The van der Waals surface area contributed by atoms with Crippen LogP contribution in [-0.2, 0) is 24.1 Å². The van der Waals surface area contributed by atoms with Gasteiger partial charge in [0.2, 0.25) is 0 Å². The summed E-state index contributed by atoms with van der Waals surface area (Å²) < 4.78 is 0. The normalized spacial score (nSPS) is 14.6. The van der Waals surface area contributed by atoms with Crippen molar-refractivity contribution >= 4 is 5.97 Å². The minimum Gasteiger partial charge on any atom is -0.481 e. The van der Waals surface area contributed by atoms with E-state index in [0.717, 1.165) is 74.0 Å². The van der Waals surface area contributed by atoms with Crippen molar-refractivity contribution in [3.8, 4) is 28.6 Å². The van der Waals surface area contributed by atoms with Gasteiger partial charge in [-0.1, -0.05) is 51.1 Å². The van der Waals surface area contributed by atoms with Crippen molar-refractivity contribution in [3.05, 3.63) is 71.0 Å². The molecule has 0 spiro atoms. The molecule has 6 nitrogen and oxygen atoms in total. The first-order valence-corrected chi connectivity index (χ1v) is 13.3. The Balaban J connectivity index is 1.49. The summed E-state index contributed by atoms with van der Waals surface area (Å²) in [5.74, 6) is 0.247. The minimum atomic E-state index is -0.664. The summed E-state index contributed by atoms with van der Waals surface area (Å²) in [5.41, 5.74) is 7.38. The van der Waals surface area contributed by atoms with Crippen molar-refractivity contribution in [2.24, 2.45) is 11.8 Å². The van der Waals surface area contributed by atoms with Crippen molar-refractivity contribution in [3.63, 3.8) is 0 Å². The van der Waals surface area contributed by atoms with E-state index in [1.54, 1.807) is 0 Å². The van der Waals surface area contributed by atoms with Gasteiger partial charge in [-0.25, -0.2) is 9.97 Å². The molecule has 0 saturated carbocycles. The van der Waals surface area contributed by atoms with Crippen LogP contribution in [0.25, 0.3) is 22.5 Å². The Morgan fingerprint density at radius 3 is 2.46 bits per heavy atom. The van der Waals surface area contributed by atoms with E-state index in [9.17, 15) is 15.2 Å². The van der Waals surface area contributed by atoms with E-state index in [0.29, 0.717) is 17.3 Å². The highest BCUT2D eigenvalue weighted by atomic mass is 16.4. The smallest absolute Gasteiger partial charge is 0.306 e. The molecule has 4 rings (SSSR count). The summed E-state index contributed by atoms with van der Waals surface area (Å²) in [4.78, 5) is 22.9. The lowest BCUT2D eigenvalue weighted by molar-refractivity contribution is -0.143. The van der Waals surface area contributed by atoms with E-state index in [4.69, 9.17) is 0 Å². The fourth-order valence-corrected chi connectivity index (χ4v) is 5.29. The standard InChI is InChI=1S/C31H36N4O2/c1-4-28-22(10-13-35-14-11-23(12-15-35)31(36)37)6-5-7-29(28)27-19-33-30(34-20-27)25-9-8-24(16-21(2)3)26(17-25)18-32/h5-9,17,19-21,23H,4,10-16H2,1-3H3,(H,36,37). The molecule has 1 N–H and O–H groups in total. The Morgan fingerprint density at radius 2 is 1.84 bits per heavy atom. The first-order chi connectivity index (χ1) is 17.9. The van der Waals surface area contributed by atoms with Crippen LogP contribution in [0.1, 0.15) is 55.9 Å². The molecule has 1 saturated heterocycles. The second kappa shape index (κ2) is 12.1. The number of aliphatic carboxylic acids is 1. The zero-order chi connectivity index (χ0) is 26.4. The lowest BCUT2D eigenvalue weighted by atomic mass is 9.92. The molecular weight excluding hydrogens is 460 g/mol. The van der Waals surface area contributed by atoms with Crippen molar-refractivity contribution in [1.29, 1.82) is 5.26 Å². The average molecular weight is 497 g/mol. The van der Waals surface area contributed by atoms with Gasteiger partial charge >= 0.3 is 5.97 Å². The molecule has 2 aromatic carbocycles. The fourth-order valence-electron chi connectivity index (χ4n) is 5.29. The number of hydrogen-bond acceptors (Lipinski definition) is 5. The third-order valence-electron chi connectivity index (χ3n) is 7.34. The zero-order valence-electron chi connectivity index (χ0n) is 22.1. The first kappa shape index (κ1) is 26.5. The second-order valence-corrected chi connectivity index (χ2v) is 10.4. The summed E-state index contributed by atoms with van der Waals surface area (Å²) in [7, 11) is 0. The highest BCUT2D eigenvalue weighted by Crippen LogP contribution is 2.29. The summed E-state index contributed by atoms with van der Waals surface area (Å²) in [6, 6.07) is 14.7. The van der Waals surface area contributed by atoms with E-state index in [1.165, 1.54) is 11.1 Å². The number of hydrogen-bond donors (Lipinski definition) is 1. The second-order valence-electron chi connectivity index (χ2n) is 10.4. The highest BCUT2D eigenvalue weighted by Gasteiger charge is 2.24. The Kier molecular flexibility index (Phi) is 8.68. The van der Waals surface area contributed by atoms with Crippen LogP contribution in [0.5, 0.6) is 0 Å². The summed E-state index contributed by atoms with van der Waals surface area (Å²) in [6.07, 6.45) is 7.95. The summed E-state index contributed by atoms with van der Waals surface area (Å²) >= 11 is 0. The van der Waals surface area contributed by atoms with E-state index in [-0.39, 0.29) is 5.92 Å². The third-order valence-corrected chi connectivity index (χ3v) is 7.34. The maximum atomic E-state index is 11.2. The van der Waals surface area contributed by atoms with Gasteiger partial charge in [0.25, 0.3) is 0 Å². The maximum absolute atomic E-state index is 11.2. The van der Waals surface area contributed by atoms with Crippen molar-refractivity contribution in [1.82, 2.24) is 14.9 Å². The van der Waals surface area contributed by atoms with Crippen LogP contribution >= 0.6 is 0 Å². The van der Waals surface area contributed by atoms with Gasteiger partial charge < -0.3 is 10.0 Å². The maximum Gasteiger partial charge on any atom is 0.306 e. The van der Waals surface area contributed by atoms with Gasteiger partial charge in [-0.2, -0.15) is 5.26 Å². The molecule has 1 fully saturated rings. The first-order valence-electron chi connectivity index (χ1n) is 13.3. The van der Waals surface area contributed by atoms with Crippen LogP contribution in [0.4, 0.5) is 0 Å². The molecule has 2 heterocycles. The molecule has 6 heteroatoms. The summed E-state index contributed by atoms with van der Waals surface area (Å²) in [6.45, 7) is 9.12. The third kappa shape index (κ3) is 6.42. The van der Waals surface area contributed by atoms with Crippen molar-refractivity contribution in [2.75, 3.05) is 19.6 Å². The Bertz CT molecular complexity index is 1270. The Morgan fingerprint density at radius 1 is 1.11 bits per heavy atom. The van der Waals surface area contributed by atoms with Crippen LogP contribution in [-0.4, -0.2) is 45.6 Å². The lowest BCUT2D eigenvalue weighted by Crippen LogP contribution is -2.37. The van der Waals surface area contributed by atoms with Gasteiger partial charge in [0.05, 0.1) is 17.6 Å². The number of rotatable bonds is 9. The van der Waals surface area contributed by atoms with Gasteiger partial charge in [0, 0.05) is 30.1 Å². The van der Waals surface area contributed by atoms with Crippen molar-refractivity contribution in [2.45, 2.75) is 52.9 Å². The van der Waals surface area contributed by atoms with Crippen LogP contribution in [0, 0.1) is 23.2 Å². The van der Waals surface area contributed by atoms with Crippen LogP contribution in [0.2, 0.25) is 0 Å².